The Bertz CT molecular complexity index is 694. The van der Waals surface area contributed by atoms with E-state index in [0.29, 0.717) is 18.5 Å². The standard InChI is InChI=1S/C15H15N3OS/c16-8-10-9-18-12-2-3-13-11(4-7-20-13)14(12)15(10)17-5-1-6-19/h2-3,9,19H,1,4-7H2,(H,17,18). The Labute approximate surface area is 121 Å². The summed E-state index contributed by atoms with van der Waals surface area (Å²) in [7, 11) is 0. The number of thioether (sulfide) groups is 1. The number of nitrogens with zero attached hydrogens (tertiary/aromatic N) is 2. The molecule has 0 amide bonds. The topological polar surface area (TPSA) is 68.9 Å². The summed E-state index contributed by atoms with van der Waals surface area (Å²) in [6, 6.07) is 6.35. The zero-order valence-corrected chi connectivity index (χ0v) is 11.8. The number of anilines is 1. The van der Waals surface area contributed by atoms with Crippen LogP contribution in [0.25, 0.3) is 10.9 Å². The number of hydrogen-bond acceptors (Lipinski definition) is 5. The molecular weight excluding hydrogens is 270 g/mol. The Morgan fingerprint density at radius 2 is 2.35 bits per heavy atom. The van der Waals surface area contributed by atoms with Crippen LogP contribution >= 0.6 is 11.8 Å². The zero-order chi connectivity index (χ0) is 13.9. The molecule has 5 heteroatoms. The van der Waals surface area contributed by atoms with Gasteiger partial charge in [0.1, 0.15) is 6.07 Å². The van der Waals surface area contributed by atoms with Crippen molar-refractivity contribution < 1.29 is 5.11 Å². The first-order valence-electron chi connectivity index (χ1n) is 6.67. The zero-order valence-electron chi connectivity index (χ0n) is 11.0. The highest BCUT2D eigenvalue weighted by atomic mass is 32.2. The molecule has 0 saturated carbocycles. The molecule has 0 unspecified atom stereocenters. The van der Waals surface area contributed by atoms with Crippen LogP contribution in [0.5, 0.6) is 0 Å². The number of benzene rings is 1. The summed E-state index contributed by atoms with van der Waals surface area (Å²) in [5.74, 6) is 1.08. The van der Waals surface area contributed by atoms with Crippen LogP contribution in [0.3, 0.4) is 0 Å². The molecule has 1 aliphatic rings. The van der Waals surface area contributed by atoms with Crippen molar-refractivity contribution >= 4 is 28.4 Å². The van der Waals surface area contributed by atoms with Crippen molar-refractivity contribution in [3.05, 3.63) is 29.5 Å². The van der Waals surface area contributed by atoms with Crippen LogP contribution in [0, 0.1) is 11.3 Å². The lowest BCUT2D eigenvalue weighted by molar-refractivity contribution is 0.292. The Hall–Kier alpha value is -1.77. The third-order valence-electron chi connectivity index (χ3n) is 3.47. The summed E-state index contributed by atoms with van der Waals surface area (Å²) in [6.45, 7) is 0.799. The van der Waals surface area contributed by atoms with Crippen molar-refractivity contribution in [1.82, 2.24) is 4.98 Å². The van der Waals surface area contributed by atoms with E-state index in [9.17, 15) is 5.26 Å². The third kappa shape index (κ3) is 2.21. The Morgan fingerprint density at radius 3 is 3.15 bits per heavy atom. The van der Waals surface area contributed by atoms with Gasteiger partial charge in [0.2, 0.25) is 0 Å². The van der Waals surface area contributed by atoms with Gasteiger partial charge in [0, 0.05) is 35.4 Å². The molecule has 0 fully saturated rings. The average Bonchev–Trinajstić information content (AvgIpc) is 2.95. The van der Waals surface area contributed by atoms with Crippen molar-refractivity contribution in [3.63, 3.8) is 0 Å². The Morgan fingerprint density at radius 1 is 1.45 bits per heavy atom. The van der Waals surface area contributed by atoms with Crippen LogP contribution in [0.15, 0.2) is 23.2 Å². The Balaban J connectivity index is 2.17. The van der Waals surface area contributed by atoms with E-state index >= 15 is 0 Å². The van der Waals surface area contributed by atoms with Crippen LogP contribution in [0.1, 0.15) is 17.5 Å². The smallest absolute Gasteiger partial charge is 0.103 e. The number of aliphatic hydroxyl groups is 1. The van der Waals surface area contributed by atoms with E-state index in [2.05, 4.69) is 22.4 Å². The van der Waals surface area contributed by atoms with Gasteiger partial charge < -0.3 is 10.4 Å². The molecule has 0 atom stereocenters. The van der Waals surface area contributed by atoms with Gasteiger partial charge in [0.25, 0.3) is 0 Å². The molecule has 0 aliphatic carbocycles. The molecule has 0 radical (unpaired) electrons. The van der Waals surface area contributed by atoms with Crippen molar-refractivity contribution in [1.29, 1.82) is 5.26 Å². The summed E-state index contributed by atoms with van der Waals surface area (Å²) >= 11 is 1.85. The number of pyridine rings is 1. The molecule has 2 aromatic rings. The molecule has 1 aromatic heterocycles. The van der Waals surface area contributed by atoms with E-state index in [1.165, 1.54) is 10.5 Å². The van der Waals surface area contributed by atoms with Crippen molar-refractivity contribution in [2.24, 2.45) is 0 Å². The van der Waals surface area contributed by atoms with Gasteiger partial charge in [-0.1, -0.05) is 0 Å². The number of aryl methyl sites for hydroxylation is 1. The molecule has 0 saturated heterocycles. The third-order valence-corrected chi connectivity index (χ3v) is 4.57. The number of aromatic nitrogens is 1. The maximum absolute atomic E-state index is 9.30. The van der Waals surface area contributed by atoms with E-state index in [-0.39, 0.29) is 6.61 Å². The highest BCUT2D eigenvalue weighted by molar-refractivity contribution is 7.99. The number of nitriles is 1. The molecule has 0 bridgehead atoms. The van der Waals surface area contributed by atoms with E-state index < -0.39 is 0 Å². The fourth-order valence-corrected chi connectivity index (χ4v) is 3.61. The maximum atomic E-state index is 9.30. The van der Waals surface area contributed by atoms with Crippen LogP contribution in [-0.2, 0) is 6.42 Å². The summed E-state index contributed by atoms with van der Waals surface area (Å²) in [5, 5.41) is 22.6. The van der Waals surface area contributed by atoms with Crippen molar-refractivity contribution in [3.8, 4) is 6.07 Å². The summed E-state index contributed by atoms with van der Waals surface area (Å²) < 4.78 is 0. The molecule has 4 nitrogen and oxygen atoms in total. The van der Waals surface area contributed by atoms with Crippen LogP contribution in [-0.4, -0.2) is 29.0 Å². The number of fused-ring (bicyclic) bond motifs is 3. The largest absolute Gasteiger partial charge is 0.396 e. The highest BCUT2D eigenvalue weighted by Gasteiger charge is 2.19. The van der Waals surface area contributed by atoms with Gasteiger partial charge in [-0.05, 0) is 30.5 Å². The van der Waals surface area contributed by atoms with Gasteiger partial charge in [0.15, 0.2) is 0 Å². The first-order valence-corrected chi connectivity index (χ1v) is 7.66. The van der Waals surface area contributed by atoms with Crippen LogP contribution in [0.2, 0.25) is 0 Å². The average molecular weight is 285 g/mol. The molecule has 1 aromatic carbocycles. The van der Waals surface area contributed by atoms with E-state index in [1.807, 2.05) is 17.8 Å². The minimum absolute atomic E-state index is 0.145. The lowest BCUT2D eigenvalue weighted by atomic mass is 10.0. The van der Waals surface area contributed by atoms with Gasteiger partial charge in [-0.25, -0.2) is 0 Å². The minimum Gasteiger partial charge on any atom is -0.396 e. The first-order chi connectivity index (χ1) is 9.85. The van der Waals surface area contributed by atoms with Gasteiger partial charge in [0.05, 0.1) is 16.8 Å². The lowest BCUT2D eigenvalue weighted by Crippen LogP contribution is -2.07. The minimum atomic E-state index is 0.145. The van der Waals surface area contributed by atoms with E-state index in [1.54, 1.807) is 6.20 Å². The van der Waals surface area contributed by atoms with Crippen LogP contribution in [0.4, 0.5) is 5.69 Å². The van der Waals surface area contributed by atoms with Crippen LogP contribution < -0.4 is 5.32 Å². The van der Waals surface area contributed by atoms with Gasteiger partial charge in [-0.2, -0.15) is 5.26 Å². The molecule has 2 N–H and O–H groups in total. The second-order valence-electron chi connectivity index (χ2n) is 4.70. The summed E-state index contributed by atoms with van der Waals surface area (Å²) in [4.78, 5) is 5.69. The number of hydrogen-bond donors (Lipinski definition) is 2. The fourth-order valence-electron chi connectivity index (χ4n) is 2.54. The van der Waals surface area contributed by atoms with E-state index in [0.717, 1.165) is 28.8 Å². The summed E-state index contributed by atoms with van der Waals surface area (Å²) in [5.41, 5.74) is 3.66. The number of rotatable bonds is 4. The maximum Gasteiger partial charge on any atom is 0.103 e. The predicted molar refractivity (Wildman–Crippen MR) is 81.1 cm³/mol. The summed E-state index contributed by atoms with van der Waals surface area (Å²) in [6.07, 6.45) is 3.30. The monoisotopic (exact) mass is 285 g/mol. The van der Waals surface area contributed by atoms with Crippen molar-refractivity contribution in [2.75, 3.05) is 24.2 Å². The van der Waals surface area contributed by atoms with Gasteiger partial charge in [-0.3, -0.25) is 4.98 Å². The van der Waals surface area contributed by atoms with E-state index in [4.69, 9.17) is 5.11 Å². The molecule has 3 rings (SSSR count). The lowest BCUT2D eigenvalue weighted by Gasteiger charge is -2.13. The predicted octanol–water partition coefficient (Wildman–Crippen LogP) is 2.55. The second-order valence-corrected chi connectivity index (χ2v) is 5.83. The number of aliphatic hydroxyl groups excluding tert-OH is 1. The molecule has 1 aliphatic heterocycles. The van der Waals surface area contributed by atoms with Gasteiger partial charge >= 0.3 is 0 Å². The fraction of sp³-hybridized carbons (Fsp3) is 0.333. The normalized spacial score (nSPS) is 13.2. The molecule has 20 heavy (non-hydrogen) atoms. The molecular formula is C15H15N3OS. The molecule has 102 valence electrons. The quantitative estimate of drug-likeness (QED) is 0.845. The molecule has 0 spiro atoms. The van der Waals surface area contributed by atoms with Gasteiger partial charge in [-0.15, -0.1) is 11.8 Å². The molecule has 2 heterocycles. The second kappa shape index (κ2) is 5.70. The number of nitrogens with one attached hydrogen (secondary N) is 1. The van der Waals surface area contributed by atoms with Crippen molar-refractivity contribution in [2.45, 2.75) is 17.7 Å². The first kappa shape index (κ1) is 13.2. The Kier molecular flexibility index (Phi) is 3.77. The highest BCUT2D eigenvalue weighted by Crippen LogP contribution is 2.39. The SMILES string of the molecule is N#Cc1cnc2ccc3c(c2c1NCCCO)CCS3.